The second kappa shape index (κ2) is 3.93. The Labute approximate surface area is 98.3 Å². The number of carbonyl (C=O) groups excluding carboxylic acids is 2. The molecule has 1 aromatic carbocycles. The van der Waals surface area contributed by atoms with Crippen LogP contribution in [0.2, 0.25) is 0 Å². The van der Waals surface area contributed by atoms with Crippen LogP contribution in [0.15, 0.2) is 24.0 Å². The zero-order valence-corrected chi connectivity index (χ0v) is 9.53. The average Bonchev–Trinajstić information content (AvgIpc) is 2.62. The molecule has 0 saturated heterocycles. The van der Waals surface area contributed by atoms with Gasteiger partial charge in [-0.3, -0.25) is 9.59 Å². The maximum absolute atomic E-state index is 11.7. The first-order valence-electron chi connectivity index (χ1n) is 5.05. The van der Waals surface area contributed by atoms with Gasteiger partial charge in [-0.15, -0.1) is 0 Å². The van der Waals surface area contributed by atoms with E-state index in [1.165, 1.54) is 7.11 Å². The van der Waals surface area contributed by atoms with Crippen molar-refractivity contribution in [3.05, 3.63) is 35.1 Å². The summed E-state index contributed by atoms with van der Waals surface area (Å²) in [6.07, 6.45) is 0. The minimum absolute atomic E-state index is 0.235. The summed E-state index contributed by atoms with van der Waals surface area (Å²) in [5.41, 5.74) is 7.32. The molecule has 1 heterocycles. The lowest BCUT2D eigenvalue weighted by molar-refractivity contribution is -0.110. The Morgan fingerprint density at radius 3 is 2.71 bits per heavy atom. The molecule has 0 saturated carbocycles. The van der Waals surface area contributed by atoms with E-state index in [1.54, 1.807) is 25.1 Å². The normalized spacial score (nSPS) is 16.2. The van der Waals surface area contributed by atoms with Gasteiger partial charge in [0.25, 0.3) is 5.91 Å². The number of ether oxygens (including phenoxy) is 1. The fourth-order valence-electron chi connectivity index (χ4n) is 1.78. The lowest BCUT2D eigenvalue weighted by Crippen LogP contribution is -2.11. The maximum Gasteiger partial charge on any atom is 0.259 e. The molecular weight excluding hydrogens is 220 g/mol. The Hall–Kier alpha value is -2.30. The quantitative estimate of drug-likeness (QED) is 0.592. The van der Waals surface area contributed by atoms with Gasteiger partial charge in [-0.05, 0) is 19.1 Å². The number of methoxy groups -OCH3 is 1. The van der Waals surface area contributed by atoms with Crippen LogP contribution in [0.25, 0.3) is 5.57 Å². The van der Waals surface area contributed by atoms with Crippen LogP contribution in [-0.2, 0) is 9.53 Å². The zero-order valence-electron chi connectivity index (χ0n) is 9.53. The summed E-state index contributed by atoms with van der Waals surface area (Å²) in [4.78, 5) is 22.8. The molecule has 3 N–H and O–H groups in total. The van der Waals surface area contributed by atoms with Crippen molar-refractivity contribution in [1.29, 1.82) is 0 Å². The molecule has 17 heavy (non-hydrogen) atoms. The number of fused-ring (bicyclic) bond motifs is 1. The maximum atomic E-state index is 11.7. The molecule has 2 amide bonds. The number of anilines is 1. The monoisotopic (exact) mass is 232 g/mol. The number of hydrogen-bond acceptors (Lipinski definition) is 3. The summed E-state index contributed by atoms with van der Waals surface area (Å²) >= 11 is 0. The summed E-state index contributed by atoms with van der Waals surface area (Å²) in [5, 5.41) is 2.67. The molecule has 88 valence electrons. The third kappa shape index (κ3) is 1.75. The van der Waals surface area contributed by atoms with Gasteiger partial charge in [-0.1, -0.05) is 6.07 Å². The molecule has 1 aliphatic rings. The molecule has 0 aromatic heterocycles. The molecule has 0 aliphatic carbocycles. The highest BCUT2D eigenvalue weighted by atomic mass is 16.5. The van der Waals surface area contributed by atoms with Crippen LogP contribution in [0.4, 0.5) is 5.69 Å². The number of rotatable bonds is 2. The molecular formula is C12H12N2O3. The first-order chi connectivity index (χ1) is 8.04. The van der Waals surface area contributed by atoms with E-state index in [2.05, 4.69) is 5.32 Å². The average molecular weight is 232 g/mol. The van der Waals surface area contributed by atoms with Crippen LogP contribution in [0.5, 0.6) is 0 Å². The van der Waals surface area contributed by atoms with Crippen molar-refractivity contribution in [1.82, 2.24) is 0 Å². The van der Waals surface area contributed by atoms with Gasteiger partial charge in [-0.25, -0.2) is 0 Å². The van der Waals surface area contributed by atoms with Gasteiger partial charge in [0.1, 0.15) is 5.76 Å². The number of nitrogens with two attached hydrogens (primary N) is 1. The highest BCUT2D eigenvalue weighted by Crippen LogP contribution is 2.34. The fourth-order valence-corrected chi connectivity index (χ4v) is 1.78. The number of nitrogens with one attached hydrogen (secondary N) is 1. The SMILES string of the molecule is CO/C(C)=C1\C(=O)Nc2cc(C(N)=O)ccc21. The van der Waals surface area contributed by atoms with Crippen LogP contribution in [0, 0.1) is 0 Å². The lowest BCUT2D eigenvalue weighted by Gasteiger charge is -2.04. The summed E-state index contributed by atoms with van der Waals surface area (Å²) in [6.45, 7) is 1.71. The predicted molar refractivity (Wildman–Crippen MR) is 63.2 cm³/mol. The van der Waals surface area contributed by atoms with Crippen LogP contribution in [-0.4, -0.2) is 18.9 Å². The molecule has 0 spiro atoms. The molecule has 0 atom stereocenters. The molecule has 0 fully saturated rings. The van der Waals surface area contributed by atoms with E-state index >= 15 is 0 Å². The highest BCUT2D eigenvalue weighted by molar-refractivity contribution is 6.32. The standard InChI is InChI=1S/C12H12N2O3/c1-6(17-2)10-8-4-3-7(11(13)15)5-9(8)14-12(10)16/h3-5H,1-2H3,(H2,13,15)(H,14,16)/b10-6-. The minimum Gasteiger partial charge on any atom is -0.501 e. The van der Waals surface area contributed by atoms with Gasteiger partial charge in [-0.2, -0.15) is 0 Å². The number of carbonyl (C=O) groups is 2. The van der Waals surface area contributed by atoms with Gasteiger partial charge in [0.05, 0.1) is 18.4 Å². The van der Waals surface area contributed by atoms with Crippen molar-refractivity contribution in [3.63, 3.8) is 0 Å². The van der Waals surface area contributed by atoms with E-state index in [-0.39, 0.29) is 5.91 Å². The Morgan fingerprint density at radius 1 is 1.41 bits per heavy atom. The van der Waals surface area contributed by atoms with Gasteiger partial charge in [0.15, 0.2) is 0 Å². The Morgan fingerprint density at radius 2 is 2.12 bits per heavy atom. The van der Waals surface area contributed by atoms with E-state index in [9.17, 15) is 9.59 Å². The summed E-state index contributed by atoms with van der Waals surface area (Å²) in [7, 11) is 1.51. The van der Waals surface area contributed by atoms with Crippen LogP contribution in [0.1, 0.15) is 22.8 Å². The van der Waals surface area contributed by atoms with Crippen molar-refractivity contribution in [2.45, 2.75) is 6.92 Å². The lowest BCUT2D eigenvalue weighted by atomic mass is 10.0. The molecule has 2 rings (SSSR count). The number of allylic oxidation sites excluding steroid dienone is 1. The van der Waals surface area contributed by atoms with E-state index < -0.39 is 5.91 Å². The van der Waals surface area contributed by atoms with Crippen molar-refractivity contribution in [3.8, 4) is 0 Å². The van der Waals surface area contributed by atoms with Gasteiger partial charge in [0.2, 0.25) is 5.91 Å². The van der Waals surface area contributed by atoms with E-state index in [0.29, 0.717) is 22.6 Å². The van der Waals surface area contributed by atoms with E-state index in [0.717, 1.165) is 5.56 Å². The van der Waals surface area contributed by atoms with E-state index in [1.807, 2.05) is 0 Å². The topological polar surface area (TPSA) is 81.4 Å². The Bertz CT molecular complexity index is 547. The van der Waals surface area contributed by atoms with Gasteiger partial charge in [0, 0.05) is 11.1 Å². The molecule has 5 nitrogen and oxygen atoms in total. The first kappa shape index (κ1) is 11.2. The molecule has 1 aliphatic heterocycles. The summed E-state index contributed by atoms with van der Waals surface area (Å²) in [6, 6.07) is 4.83. The van der Waals surface area contributed by atoms with Gasteiger partial charge >= 0.3 is 0 Å². The van der Waals surface area contributed by atoms with Gasteiger partial charge < -0.3 is 15.8 Å². The zero-order chi connectivity index (χ0) is 12.6. The molecule has 5 heteroatoms. The minimum atomic E-state index is -0.525. The molecule has 0 radical (unpaired) electrons. The third-order valence-corrected chi connectivity index (χ3v) is 2.71. The Balaban J connectivity index is 2.57. The number of hydrogen-bond donors (Lipinski definition) is 2. The highest BCUT2D eigenvalue weighted by Gasteiger charge is 2.27. The fraction of sp³-hybridized carbons (Fsp3) is 0.167. The van der Waals surface area contributed by atoms with Crippen molar-refractivity contribution < 1.29 is 14.3 Å². The van der Waals surface area contributed by atoms with Crippen molar-refractivity contribution in [2.24, 2.45) is 5.73 Å². The first-order valence-corrected chi connectivity index (χ1v) is 5.05. The Kier molecular flexibility index (Phi) is 2.59. The number of primary amides is 1. The smallest absolute Gasteiger partial charge is 0.259 e. The largest absolute Gasteiger partial charge is 0.501 e. The van der Waals surface area contributed by atoms with Crippen molar-refractivity contribution >= 4 is 23.1 Å². The van der Waals surface area contributed by atoms with Crippen LogP contribution in [0.3, 0.4) is 0 Å². The number of benzene rings is 1. The summed E-state index contributed by atoms with van der Waals surface area (Å²) < 4.78 is 5.07. The summed E-state index contributed by atoms with van der Waals surface area (Å²) in [5.74, 6) is -0.225. The second-order valence-electron chi connectivity index (χ2n) is 3.71. The molecule has 0 bridgehead atoms. The number of amides is 2. The van der Waals surface area contributed by atoms with E-state index in [4.69, 9.17) is 10.5 Å². The van der Waals surface area contributed by atoms with Crippen molar-refractivity contribution in [2.75, 3.05) is 12.4 Å². The molecule has 0 unspecified atom stereocenters. The molecule has 1 aromatic rings. The third-order valence-electron chi connectivity index (χ3n) is 2.71. The second-order valence-corrected chi connectivity index (χ2v) is 3.71. The van der Waals surface area contributed by atoms with Crippen LogP contribution < -0.4 is 11.1 Å². The van der Waals surface area contributed by atoms with Crippen LogP contribution >= 0.6 is 0 Å². The predicted octanol–water partition coefficient (Wildman–Crippen LogP) is 1.11.